The number of nitrogens with one attached hydrogen (secondary N) is 1. The molecule has 5 heteroatoms. The van der Waals surface area contributed by atoms with Crippen molar-refractivity contribution in [3.05, 3.63) is 34.1 Å². The molecule has 3 nitrogen and oxygen atoms in total. The van der Waals surface area contributed by atoms with E-state index < -0.39 is 0 Å². The molecule has 0 radical (unpaired) electrons. The number of benzene rings is 1. The van der Waals surface area contributed by atoms with Crippen molar-refractivity contribution >= 4 is 21.8 Å². The Morgan fingerprint density at radius 1 is 1.33 bits per heavy atom. The molecule has 1 aromatic carbocycles. The topological polar surface area (TPSA) is 50.4 Å². The molecular weight excluding hydrogens is 297 g/mol. The maximum atomic E-state index is 13.5. The molecule has 0 unspecified atom stereocenters. The minimum atomic E-state index is -0.306. The second-order valence-electron chi connectivity index (χ2n) is 4.52. The van der Waals surface area contributed by atoms with E-state index in [1.54, 1.807) is 12.1 Å². The fourth-order valence-electron chi connectivity index (χ4n) is 2.26. The number of amidine groups is 1. The lowest BCUT2D eigenvalue weighted by Gasteiger charge is -2.19. The highest BCUT2D eigenvalue weighted by Crippen LogP contribution is 2.24. The number of aliphatic imine (C=N–C) groups is 1. The lowest BCUT2D eigenvalue weighted by Crippen LogP contribution is -2.33. The summed E-state index contributed by atoms with van der Waals surface area (Å²) in [6, 6.07) is 5.15. The van der Waals surface area contributed by atoms with E-state index in [9.17, 15) is 4.39 Å². The standard InChI is InChI=1S/C13H17BrFN3/c14-12-10(7-4-8-11(12)15)13(18-16)17-9-5-2-1-3-6-9/h4,7-9H,1-3,5-6,16H2,(H,17,18). The van der Waals surface area contributed by atoms with E-state index in [2.05, 4.69) is 26.3 Å². The van der Waals surface area contributed by atoms with Crippen molar-refractivity contribution in [1.29, 1.82) is 0 Å². The van der Waals surface area contributed by atoms with Gasteiger partial charge in [-0.05, 0) is 40.9 Å². The number of hydrogen-bond donors (Lipinski definition) is 2. The number of hydrogen-bond acceptors (Lipinski definition) is 2. The molecule has 0 amide bonds. The lowest BCUT2D eigenvalue weighted by molar-refractivity contribution is 0.442. The number of rotatable bonds is 2. The van der Waals surface area contributed by atoms with Gasteiger partial charge in [-0.2, -0.15) is 0 Å². The molecule has 3 N–H and O–H groups in total. The average Bonchev–Trinajstić information content (AvgIpc) is 2.41. The van der Waals surface area contributed by atoms with Gasteiger partial charge in [0.25, 0.3) is 0 Å². The van der Waals surface area contributed by atoms with Crippen LogP contribution in [0.5, 0.6) is 0 Å². The van der Waals surface area contributed by atoms with Gasteiger partial charge in [0, 0.05) is 5.56 Å². The van der Waals surface area contributed by atoms with Gasteiger partial charge in [0.2, 0.25) is 0 Å². The maximum Gasteiger partial charge on any atom is 0.144 e. The summed E-state index contributed by atoms with van der Waals surface area (Å²) in [6.07, 6.45) is 5.85. The third-order valence-corrected chi connectivity index (χ3v) is 4.04. The fraction of sp³-hybridized carbons (Fsp3) is 0.462. The first-order valence-electron chi connectivity index (χ1n) is 6.21. The molecule has 0 spiro atoms. The molecule has 0 heterocycles. The van der Waals surface area contributed by atoms with Gasteiger partial charge < -0.3 is 5.43 Å². The predicted octanol–water partition coefficient (Wildman–Crippen LogP) is 3.13. The van der Waals surface area contributed by atoms with Crippen LogP contribution in [0.25, 0.3) is 0 Å². The molecule has 18 heavy (non-hydrogen) atoms. The van der Waals surface area contributed by atoms with Gasteiger partial charge >= 0.3 is 0 Å². The average molecular weight is 314 g/mol. The molecule has 0 aromatic heterocycles. The van der Waals surface area contributed by atoms with Crippen molar-refractivity contribution in [3.63, 3.8) is 0 Å². The Labute approximate surface area is 115 Å². The summed E-state index contributed by atoms with van der Waals surface area (Å²) in [6.45, 7) is 0. The van der Waals surface area contributed by atoms with Crippen molar-refractivity contribution < 1.29 is 4.39 Å². The number of nitrogens with two attached hydrogens (primary N) is 1. The highest BCUT2D eigenvalue weighted by atomic mass is 79.9. The van der Waals surface area contributed by atoms with Crippen LogP contribution in [-0.2, 0) is 0 Å². The minimum Gasteiger partial charge on any atom is -0.308 e. The summed E-state index contributed by atoms with van der Waals surface area (Å²) in [5, 5.41) is 0. The van der Waals surface area contributed by atoms with Crippen LogP contribution in [0.2, 0.25) is 0 Å². The van der Waals surface area contributed by atoms with Crippen LogP contribution in [0.4, 0.5) is 4.39 Å². The summed E-state index contributed by atoms with van der Waals surface area (Å²) in [5.41, 5.74) is 3.26. The molecule has 1 aromatic rings. The number of halogens is 2. The summed E-state index contributed by atoms with van der Waals surface area (Å²) >= 11 is 3.24. The molecule has 1 aliphatic rings. The Kier molecular flexibility index (Phi) is 4.72. The molecule has 0 bridgehead atoms. The fourth-order valence-corrected chi connectivity index (χ4v) is 2.72. The van der Waals surface area contributed by atoms with Gasteiger partial charge in [-0.15, -0.1) is 0 Å². The Balaban J connectivity index is 2.26. The van der Waals surface area contributed by atoms with Gasteiger partial charge in [0.05, 0.1) is 10.5 Å². The molecule has 98 valence electrons. The summed E-state index contributed by atoms with van der Waals surface area (Å²) in [5.74, 6) is 5.76. The second kappa shape index (κ2) is 6.29. The zero-order chi connectivity index (χ0) is 13.0. The van der Waals surface area contributed by atoms with Gasteiger partial charge in [0.1, 0.15) is 11.7 Å². The molecule has 2 rings (SSSR count). The Morgan fingerprint density at radius 2 is 2.06 bits per heavy atom. The van der Waals surface area contributed by atoms with Crippen LogP contribution < -0.4 is 11.3 Å². The Morgan fingerprint density at radius 3 is 2.72 bits per heavy atom. The van der Waals surface area contributed by atoms with E-state index in [0.29, 0.717) is 21.9 Å². The van der Waals surface area contributed by atoms with Crippen LogP contribution in [0.1, 0.15) is 37.7 Å². The third-order valence-electron chi connectivity index (χ3n) is 3.23. The quantitative estimate of drug-likeness (QED) is 0.381. The van der Waals surface area contributed by atoms with Crippen LogP contribution in [0.15, 0.2) is 27.7 Å². The van der Waals surface area contributed by atoms with Crippen molar-refractivity contribution in [2.45, 2.75) is 38.1 Å². The molecule has 0 atom stereocenters. The van der Waals surface area contributed by atoms with Gasteiger partial charge in [-0.1, -0.05) is 25.3 Å². The third kappa shape index (κ3) is 3.09. The molecule has 1 aliphatic carbocycles. The highest BCUT2D eigenvalue weighted by molar-refractivity contribution is 9.10. The van der Waals surface area contributed by atoms with Gasteiger partial charge in [0.15, 0.2) is 0 Å². The monoisotopic (exact) mass is 313 g/mol. The first kappa shape index (κ1) is 13.5. The van der Waals surface area contributed by atoms with Gasteiger partial charge in [-0.25, -0.2) is 10.2 Å². The van der Waals surface area contributed by atoms with Crippen LogP contribution in [-0.4, -0.2) is 11.9 Å². The molecule has 0 aliphatic heterocycles. The largest absolute Gasteiger partial charge is 0.308 e. The summed E-state index contributed by atoms with van der Waals surface area (Å²) in [4.78, 5) is 4.61. The number of hydrazine groups is 1. The van der Waals surface area contributed by atoms with Gasteiger partial charge in [-0.3, -0.25) is 4.99 Å². The molecular formula is C13H17BrFN3. The molecule has 1 fully saturated rings. The first-order valence-corrected chi connectivity index (χ1v) is 7.00. The predicted molar refractivity (Wildman–Crippen MR) is 74.8 cm³/mol. The van der Waals surface area contributed by atoms with E-state index in [0.717, 1.165) is 12.8 Å². The van der Waals surface area contributed by atoms with E-state index in [4.69, 9.17) is 5.84 Å². The van der Waals surface area contributed by atoms with Crippen LogP contribution in [0, 0.1) is 5.82 Å². The zero-order valence-electron chi connectivity index (χ0n) is 10.1. The second-order valence-corrected chi connectivity index (χ2v) is 5.31. The SMILES string of the molecule is NNC(=NC1CCCCC1)c1cccc(F)c1Br. The van der Waals surface area contributed by atoms with Crippen molar-refractivity contribution in [2.75, 3.05) is 0 Å². The normalized spacial score (nSPS) is 17.8. The van der Waals surface area contributed by atoms with E-state index >= 15 is 0 Å². The van der Waals surface area contributed by atoms with Crippen LogP contribution in [0.3, 0.4) is 0 Å². The smallest absolute Gasteiger partial charge is 0.144 e. The minimum absolute atomic E-state index is 0.292. The highest BCUT2D eigenvalue weighted by Gasteiger charge is 2.16. The summed E-state index contributed by atoms with van der Waals surface area (Å²) in [7, 11) is 0. The molecule has 1 saturated carbocycles. The van der Waals surface area contributed by atoms with E-state index in [1.807, 2.05) is 0 Å². The molecule has 0 saturated heterocycles. The zero-order valence-corrected chi connectivity index (χ0v) is 11.7. The van der Waals surface area contributed by atoms with Crippen molar-refractivity contribution in [3.8, 4) is 0 Å². The lowest BCUT2D eigenvalue weighted by atomic mass is 9.96. The van der Waals surface area contributed by atoms with E-state index in [1.165, 1.54) is 25.3 Å². The summed E-state index contributed by atoms with van der Waals surface area (Å²) < 4.78 is 13.9. The maximum absolute atomic E-state index is 13.5. The first-order chi connectivity index (χ1) is 8.72. The van der Waals surface area contributed by atoms with Crippen molar-refractivity contribution in [1.82, 2.24) is 5.43 Å². The number of nitrogens with zero attached hydrogens (tertiary/aromatic N) is 1. The van der Waals surface area contributed by atoms with Crippen molar-refractivity contribution in [2.24, 2.45) is 10.8 Å². The Bertz CT molecular complexity index is 442. The van der Waals surface area contributed by atoms with Crippen LogP contribution >= 0.6 is 15.9 Å². The van der Waals surface area contributed by atoms with E-state index in [-0.39, 0.29) is 5.82 Å². The Hall–Kier alpha value is -0.940.